The fraction of sp³-hybridized carbons (Fsp3) is 0.533. The highest BCUT2D eigenvalue weighted by molar-refractivity contribution is 5.74. The summed E-state index contributed by atoms with van der Waals surface area (Å²) in [5, 5.41) is 20.2. The van der Waals surface area contributed by atoms with Crippen LogP contribution < -0.4 is 5.32 Å². The number of hydrogen-bond acceptors (Lipinski definition) is 4. The Bertz CT molecular complexity index is 613. The number of nitrogens with zero attached hydrogens (tertiary/aromatic N) is 4. The van der Waals surface area contributed by atoms with Crippen molar-refractivity contribution in [2.45, 2.75) is 32.7 Å². The molecule has 2 N–H and O–H groups in total. The summed E-state index contributed by atoms with van der Waals surface area (Å²) in [6, 6.07) is 5.19. The monoisotopic (exact) mass is 305 g/mol. The second kappa shape index (κ2) is 7.74. The third-order valence-electron chi connectivity index (χ3n) is 3.51. The smallest absolute Gasteiger partial charge is 0.318 e. The van der Waals surface area contributed by atoms with Gasteiger partial charge in [0.15, 0.2) is 11.5 Å². The Morgan fingerprint density at radius 3 is 2.95 bits per heavy atom. The van der Waals surface area contributed by atoms with Gasteiger partial charge in [-0.15, -0.1) is 10.2 Å². The van der Waals surface area contributed by atoms with E-state index in [0.717, 1.165) is 18.5 Å². The Morgan fingerprint density at radius 2 is 2.23 bits per heavy atom. The van der Waals surface area contributed by atoms with Gasteiger partial charge in [0.25, 0.3) is 0 Å². The summed E-state index contributed by atoms with van der Waals surface area (Å²) in [6.07, 6.45) is 3.78. The normalized spacial score (nSPS) is 12.3. The maximum atomic E-state index is 12.3. The molecule has 7 heteroatoms. The van der Waals surface area contributed by atoms with Crippen molar-refractivity contribution in [2.24, 2.45) is 0 Å². The van der Waals surface area contributed by atoms with Crippen LogP contribution >= 0.6 is 0 Å². The van der Waals surface area contributed by atoms with Gasteiger partial charge >= 0.3 is 6.03 Å². The predicted octanol–water partition coefficient (Wildman–Crippen LogP) is 1.59. The van der Waals surface area contributed by atoms with E-state index in [1.54, 1.807) is 4.90 Å². The lowest BCUT2D eigenvalue weighted by Crippen LogP contribution is -2.43. The highest BCUT2D eigenvalue weighted by atomic mass is 16.3. The van der Waals surface area contributed by atoms with Crippen LogP contribution in [-0.4, -0.2) is 50.3 Å². The van der Waals surface area contributed by atoms with Gasteiger partial charge in [-0.05, 0) is 25.5 Å². The molecule has 1 unspecified atom stereocenters. The van der Waals surface area contributed by atoms with Crippen molar-refractivity contribution in [2.75, 3.05) is 19.7 Å². The SMILES string of the molecule is CCCCN(CCO)C(=O)NC(C)c1nnc2ccccn12. The van der Waals surface area contributed by atoms with E-state index >= 15 is 0 Å². The number of rotatable bonds is 7. The van der Waals surface area contributed by atoms with Gasteiger partial charge in [-0.3, -0.25) is 4.40 Å². The topological polar surface area (TPSA) is 82.8 Å². The van der Waals surface area contributed by atoms with Gasteiger partial charge in [0, 0.05) is 19.3 Å². The third-order valence-corrected chi connectivity index (χ3v) is 3.51. The van der Waals surface area contributed by atoms with E-state index in [0.29, 0.717) is 18.9 Å². The maximum Gasteiger partial charge on any atom is 0.318 e. The van der Waals surface area contributed by atoms with Crippen LogP contribution in [0.5, 0.6) is 0 Å². The van der Waals surface area contributed by atoms with Crippen LogP contribution in [0.25, 0.3) is 5.65 Å². The highest BCUT2D eigenvalue weighted by Gasteiger charge is 2.19. The molecule has 7 nitrogen and oxygen atoms in total. The number of urea groups is 1. The Morgan fingerprint density at radius 1 is 1.41 bits per heavy atom. The summed E-state index contributed by atoms with van der Waals surface area (Å²) >= 11 is 0. The highest BCUT2D eigenvalue weighted by Crippen LogP contribution is 2.12. The van der Waals surface area contributed by atoms with Crippen LogP contribution in [0.1, 0.15) is 38.6 Å². The van der Waals surface area contributed by atoms with Crippen molar-refractivity contribution in [3.63, 3.8) is 0 Å². The van der Waals surface area contributed by atoms with Crippen molar-refractivity contribution < 1.29 is 9.90 Å². The van der Waals surface area contributed by atoms with Crippen LogP contribution in [0.3, 0.4) is 0 Å². The van der Waals surface area contributed by atoms with E-state index < -0.39 is 0 Å². The maximum absolute atomic E-state index is 12.3. The molecule has 2 amide bonds. The molecule has 2 aromatic heterocycles. The van der Waals surface area contributed by atoms with Crippen LogP contribution in [0.15, 0.2) is 24.4 Å². The van der Waals surface area contributed by atoms with Gasteiger partial charge in [-0.1, -0.05) is 19.4 Å². The lowest BCUT2D eigenvalue weighted by atomic mass is 10.3. The molecule has 120 valence electrons. The first-order valence-corrected chi connectivity index (χ1v) is 7.63. The minimum atomic E-state index is -0.271. The van der Waals surface area contributed by atoms with Crippen LogP contribution in [0.2, 0.25) is 0 Å². The zero-order valence-corrected chi connectivity index (χ0v) is 13.1. The lowest BCUT2D eigenvalue weighted by Gasteiger charge is -2.24. The molecule has 0 saturated heterocycles. The Kier molecular flexibility index (Phi) is 5.71. The molecule has 0 aliphatic heterocycles. The molecule has 0 bridgehead atoms. The molecule has 2 rings (SSSR count). The van der Waals surface area contributed by atoms with E-state index in [1.807, 2.05) is 35.7 Å². The molecular weight excluding hydrogens is 282 g/mol. The Balaban J connectivity index is 2.06. The molecule has 0 aliphatic carbocycles. The van der Waals surface area contributed by atoms with E-state index in [9.17, 15) is 4.79 Å². The zero-order valence-electron chi connectivity index (χ0n) is 13.1. The molecule has 0 spiro atoms. The number of nitrogens with one attached hydrogen (secondary N) is 1. The molecule has 0 aromatic carbocycles. The number of pyridine rings is 1. The first-order chi connectivity index (χ1) is 10.7. The Hall–Kier alpha value is -2.15. The molecule has 0 radical (unpaired) electrons. The van der Waals surface area contributed by atoms with Gasteiger partial charge in [-0.2, -0.15) is 0 Å². The van der Waals surface area contributed by atoms with E-state index in [4.69, 9.17) is 5.11 Å². The Labute approximate surface area is 130 Å². The number of carbonyl (C=O) groups excluding carboxylic acids is 1. The van der Waals surface area contributed by atoms with Gasteiger partial charge in [0.1, 0.15) is 0 Å². The average Bonchev–Trinajstić information content (AvgIpc) is 2.95. The summed E-state index contributed by atoms with van der Waals surface area (Å²) in [5.41, 5.74) is 0.747. The average molecular weight is 305 g/mol. The minimum absolute atomic E-state index is 0.0423. The summed E-state index contributed by atoms with van der Waals surface area (Å²) < 4.78 is 1.85. The fourth-order valence-electron chi connectivity index (χ4n) is 2.28. The molecule has 22 heavy (non-hydrogen) atoms. The fourth-order valence-corrected chi connectivity index (χ4v) is 2.28. The van der Waals surface area contributed by atoms with Crippen molar-refractivity contribution >= 4 is 11.7 Å². The standard InChI is InChI=1S/C15H23N5O2/c1-3-4-8-19(10-11-21)15(22)16-12(2)14-18-17-13-7-5-6-9-20(13)14/h5-7,9,12,21H,3-4,8,10-11H2,1-2H3,(H,16,22). The lowest BCUT2D eigenvalue weighted by molar-refractivity contribution is 0.173. The van der Waals surface area contributed by atoms with Crippen molar-refractivity contribution in [1.29, 1.82) is 0 Å². The third kappa shape index (κ3) is 3.73. The molecule has 2 aromatic rings. The van der Waals surface area contributed by atoms with Gasteiger partial charge in [0.05, 0.1) is 12.6 Å². The number of aliphatic hydroxyl groups excluding tert-OH is 1. The van der Waals surface area contributed by atoms with E-state index in [2.05, 4.69) is 22.4 Å². The summed E-state index contributed by atoms with van der Waals surface area (Å²) in [5.74, 6) is 0.684. The number of carbonyl (C=O) groups is 1. The van der Waals surface area contributed by atoms with E-state index in [-0.39, 0.29) is 18.7 Å². The quantitative estimate of drug-likeness (QED) is 0.814. The number of amides is 2. The number of hydrogen-bond donors (Lipinski definition) is 2. The van der Waals surface area contributed by atoms with E-state index in [1.165, 1.54) is 0 Å². The van der Waals surface area contributed by atoms with Gasteiger partial charge in [-0.25, -0.2) is 4.79 Å². The largest absolute Gasteiger partial charge is 0.395 e. The first-order valence-electron chi connectivity index (χ1n) is 7.63. The molecule has 0 aliphatic rings. The molecule has 0 fully saturated rings. The van der Waals surface area contributed by atoms with Crippen LogP contribution in [-0.2, 0) is 0 Å². The number of aliphatic hydroxyl groups is 1. The predicted molar refractivity (Wildman–Crippen MR) is 83.5 cm³/mol. The zero-order chi connectivity index (χ0) is 15.9. The second-order valence-electron chi connectivity index (χ2n) is 5.22. The second-order valence-corrected chi connectivity index (χ2v) is 5.22. The summed E-state index contributed by atoms with van der Waals surface area (Å²) in [7, 11) is 0. The van der Waals surface area contributed by atoms with Crippen LogP contribution in [0, 0.1) is 0 Å². The minimum Gasteiger partial charge on any atom is -0.395 e. The van der Waals surface area contributed by atoms with Gasteiger partial charge in [0.2, 0.25) is 0 Å². The van der Waals surface area contributed by atoms with Crippen molar-refractivity contribution in [1.82, 2.24) is 24.8 Å². The molecule has 1 atom stereocenters. The van der Waals surface area contributed by atoms with Crippen molar-refractivity contribution in [3.8, 4) is 0 Å². The summed E-state index contributed by atoms with van der Waals surface area (Å²) in [4.78, 5) is 14.0. The molecule has 2 heterocycles. The summed E-state index contributed by atoms with van der Waals surface area (Å²) in [6.45, 7) is 4.87. The number of unbranched alkanes of at least 4 members (excludes halogenated alkanes) is 1. The van der Waals surface area contributed by atoms with Crippen LogP contribution in [0.4, 0.5) is 4.79 Å². The molecule has 0 saturated carbocycles. The number of fused-ring (bicyclic) bond motifs is 1. The van der Waals surface area contributed by atoms with Gasteiger partial charge < -0.3 is 15.3 Å². The number of aromatic nitrogens is 3. The first kappa shape index (κ1) is 16.2. The molecular formula is C15H23N5O2. The van der Waals surface area contributed by atoms with Crippen molar-refractivity contribution in [3.05, 3.63) is 30.2 Å².